The van der Waals surface area contributed by atoms with Crippen LogP contribution in [0.25, 0.3) is 10.9 Å². The molecule has 1 unspecified atom stereocenters. The van der Waals surface area contributed by atoms with E-state index in [4.69, 9.17) is 19.2 Å². The molecular formula is C38H49N5O9S. The van der Waals surface area contributed by atoms with Crippen LogP contribution in [0.15, 0.2) is 36.4 Å². The van der Waals surface area contributed by atoms with Crippen molar-refractivity contribution in [1.29, 1.82) is 0 Å². The number of carbonyl (C=O) groups excluding carboxylic acids is 4. The van der Waals surface area contributed by atoms with E-state index in [1.807, 2.05) is 43.3 Å². The highest BCUT2D eigenvalue weighted by molar-refractivity contribution is 7.91. The number of pyridine rings is 1. The number of aryl methyl sites for hydroxylation is 2. The van der Waals surface area contributed by atoms with E-state index in [1.165, 1.54) is 12.0 Å². The summed E-state index contributed by atoms with van der Waals surface area (Å²) in [5.41, 5.74) is 0.115. The molecule has 286 valence electrons. The standard InChI is InChI=1S/C38H49N5O9S/c1-24-31-27(26-12-9-10-13-28(26)39-24)15-16-37(52-31)22-30-32(44)41-38(34(46)42-53(48,49)36(2)17-18-36)21-25(38)11-7-5-4-6-8-14-29(33(45)43(30)23-37)40-35(47)51-20-19-50-3/h7,9-13,25,29-30H,4-6,8,14-23H2,1-3H3,(H,40,47)(H,41,44)(H,42,46)/b11-7-/t25?,29-,30-,37+,38+/m0/s1. The van der Waals surface area contributed by atoms with E-state index in [0.717, 1.165) is 29.3 Å². The Labute approximate surface area is 309 Å². The van der Waals surface area contributed by atoms with Crippen LogP contribution in [0.4, 0.5) is 4.79 Å². The molecule has 5 aliphatic rings. The van der Waals surface area contributed by atoms with Crippen LogP contribution in [0.5, 0.6) is 5.75 Å². The summed E-state index contributed by atoms with van der Waals surface area (Å²) in [6.45, 7) is 3.73. The molecule has 1 spiro atoms. The van der Waals surface area contributed by atoms with Crippen LogP contribution in [-0.4, -0.2) is 97.0 Å². The minimum absolute atomic E-state index is 0.00291. The molecule has 2 aromatic rings. The number of para-hydroxylation sites is 1. The van der Waals surface area contributed by atoms with Crippen LogP contribution in [0, 0.1) is 12.8 Å². The number of methoxy groups -OCH3 is 1. The molecule has 5 atom stereocenters. The van der Waals surface area contributed by atoms with Gasteiger partial charge in [0.15, 0.2) is 0 Å². The van der Waals surface area contributed by atoms with Crippen molar-refractivity contribution in [2.75, 3.05) is 26.9 Å². The van der Waals surface area contributed by atoms with Gasteiger partial charge in [0.25, 0.3) is 5.91 Å². The lowest BCUT2D eigenvalue weighted by molar-refractivity contribution is -0.141. The third-order valence-electron chi connectivity index (χ3n) is 11.7. The predicted octanol–water partition coefficient (Wildman–Crippen LogP) is 3.34. The second-order valence-electron chi connectivity index (χ2n) is 15.5. The molecule has 14 nitrogen and oxygen atoms in total. The average Bonchev–Trinajstić information content (AvgIpc) is 4.02. The molecule has 1 aromatic heterocycles. The molecule has 7 rings (SSSR count). The van der Waals surface area contributed by atoms with Crippen molar-refractivity contribution in [3.05, 3.63) is 47.7 Å². The first-order valence-electron chi connectivity index (χ1n) is 18.7. The molecule has 2 saturated carbocycles. The fourth-order valence-corrected chi connectivity index (χ4v) is 9.36. The summed E-state index contributed by atoms with van der Waals surface area (Å²) < 4.78 is 44.7. The third kappa shape index (κ3) is 7.21. The van der Waals surface area contributed by atoms with Crippen molar-refractivity contribution in [3.8, 4) is 5.75 Å². The fraction of sp³-hybridized carbons (Fsp3) is 0.605. The first-order chi connectivity index (χ1) is 25.3. The highest BCUT2D eigenvalue weighted by Gasteiger charge is 2.64. The van der Waals surface area contributed by atoms with Gasteiger partial charge < -0.3 is 29.7 Å². The molecule has 3 N–H and O–H groups in total. The van der Waals surface area contributed by atoms with Gasteiger partial charge in [-0.3, -0.25) is 19.1 Å². The Hall–Kier alpha value is -4.24. The van der Waals surface area contributed by atoms with Crippen molar-refractivity contribution in [3.63, 3.8) is 0 Å². The minimum atomic E-state index is -3.98. The second-order valence-corrected chi connectivity index (χ2v) is 17.7. The van der Waals surface area contributed by atoms with Gasteiger partial charge in [0.05, 0.1) is 29.1 Å². The van der Waals surface area contributed by atoms with Gasteiger partial charge in [0.2, 0.25) is 21.8 Å². The summed E-state index contributed by atoms with van der Waals surface area (Å²) in [4.78, 5) is 62.2. The Morgan fingerprint density at radius 3 is 2.66 bits per heavy atom. The molecule has 4 amide bonds. The van der Waals surface area contributed by atoms with E-state index in [1.54, 1.807) is 6.92 Å². The van der Waals surface area contributed by atoms with E-state index in [9.17, 15) is 27.6 Å². The number of amides is 4. The molecule has 3 aliphatic heterocycles. The predicted molar refractivity (Wildman–Crippen MR) is 194 cm³/mol. The van der Waals surface area contributed by atoms with E-state index < -0.39 is 67.7 Å². The van der Waals surface area contributed by atoms with Crippen LogP contribution < -0.4 is 20.1 Å². The number of benzene rings is 1. The molecule has 0 bridgehead atoms. The van der Waals surface area contributed by atoms with Crippen molar-refractivity contribution < 1.29 is 41.8 Å². The lowest BCUT2D eigenvalue weighted by Crippen LogP contribution is -2.58. The van der Waals surface area contributed by atoms with Gasteiger partial charge in [-0.05, 0) is 71.3 Å². The monoisotopic (exact) mass is 751 g/mol. The van der Waals surface area contributed by atoms with Crippen LogP contribution in [0.3, 0.4) is 0 Å². The second kappa shape index (κ2) is 14.2. The Morgan fingerprint density at radius 1 is 1.09 bits per heavy atom. The number of rotatable bonds is 7. The number of nitrogens with one attached hydrogen (secondary N) is 3. The van der Waals surface area contributed by atoms with Gasteiger partial charge in [-0.1, -0.05) is 43.2 Å². The number of allylic oxidation sites excluding steroid dienone is 1. The van der Waals surface area contributed by atoms with Crippen LogP contribution >= 0.6 is 0 Å². The van der Waals surface area contributed by atoms with Crippen LogP contribution in [-0.2, 0) is 40.3 Å². The molecule has 2 aliphatic carbocycles. The third-order valence-corrected chi connectivity index (χ3v) is 13.9. The lowest BCUT2D eigenvalue weighted by atomic mass is 9.87. The first kappa shape index (κ1) is 37.1. The summed E-state index contributed by atoms with van der Waals surface area (Å²) in [5, 5.41) is 6.66. The zero-order chi connectivity index (χ0) is 37.6. The number of hydrogen-bond donors (Lipinski definition) is 3. The molecule has 1 aromatic carbocycles. The maximum absolute atomic E-state index is 14.6. The van der Waals surface area contributed by atoms with Gasteiger partial charge in [-0.15, -0.1) is 0 Å². The van der Waals surface area contributed by atoms with Crippen molar-refractivity contribution in [1.82, 2.24) is 25.2 Å². The number of hydrogen-bond acceptors (Lipinski definition) is 10. The zero-order valence-electron chi connectivity index (χ0n) is 30.6. The number of fused-ring (bicyclic) bond motifs is 5. The van der Waals surface area contributed by atoms with Crippen molar-refractivity contribution in [2.24, 2.45) is 5.92 Å². The van der Waals surface area contributed by atoms with Gasteiger partial charge >= 0.3 is 6.09 Å². The number of alkyl carbamates (subject to hydrolysis) is 1. The fourth-order valence-electron chi connectivity index (χ4n) is 8.04. The maximum Gasteiger partial charge on any atom is 0.407 e. The largest absolute Gasteiger partial charge is 0.483 e. The Morgan fingerprint density at radius 2 is 1.89 bits per heavy atom. The summed E-state index contributed by atoms with van der Waals surface area (Å²) >= 11 is 0. The SMILES string of the molecule is COCCOC(=O)N[C@H]1CCCCC/C=C\C2C[C@@]2(C(=O)NS(=O)(=O)C2(C)CC2)NC(=O)[C@@H]2C[C@]3(CCc4c(c(C)nc5ccccc45)O3)CN2C1=O. The molecule has 0 radical (unpaired) electrons. The van der Waals surface area contributed by atoms with Gasteiger partial charge in [0, 0.05) is 30.4 Å². The number of ether oxygens (including phenoxy) is 3. The minimum Gasteiger partial charge on any atom is -0.483 e. The van der Waals surface area contributed by atoms with E-state index in [-0.39, 0.29) is 32.6 Å². The number of aromatic nitrogens is 1. The molecule has 53 heavy (non-hydrogen) atoms. The Kier molecular flexibility index (Phi) is 9.94. The smallest absolute Gasteiger partial charge is 0.407 e. The Balaban J connectivity index is 1.22. The van der Waals surface area contributed by atoms with Gasteiger partial charge in [0.1, 0.15) is 35.6 Å². The zero-order valence-corrected chi connectivity index (χ0v) is 31.4. The topological polar surface area (TPSA) is 182 Å². The highest BCUT2D eigenvalue weighted by atomic mass is 32.2. The molecule has 3 fully saturated rings. The van der Waals surface area contributed by atoms with Crippen LogP contribution in [0.2, 0.25) is 0 Å². The summed E-state index contributed by atoms with van der Waals surface area (Å²) in [7, 11) is -2.49. The summed E-state index contributed by atoms with van der Waals surface area (Å²) in [6, 6.07) is 5.78. The Bertz CT molecular complexity index is 1950. The maximum atomic E-state index is 14.6. The van der Waals surface area contributed by atoms with Gasteiger partial charge in [-0.2, -0.15) is 0 Å². The van der Waals surface area contributed by atoms with Gasteiger partial charge in [-0.25, -0.2) is 18.2 Å². The molecule has 1 saturated heterocycles. The average molecular weight is 752 g/mol. The van der Waals surface area contributed by atoms with Crippen LogP contribution in [0.1, 0.15) is 82.4 Å². The summed E-state index contributed by atoms with van der Waals surface area (Å²) in [5.74, 6) is -1.62. The lowest BCUT2D eigenvalue weighted by Gasteiger charge is -2.36. The molecular weight excluding hydrogens is 703 g/mol. The number of carbonyl (C=O) groups is 4. The number of nitrogens with zero attached hydrogens (tertiary/aromatic N) is 2. The van der Waals surface area contributed by atoms with Crippen molar-refractivity contribution >= 4 is 44.7 Å². The first-order valence-corrected chi connectivity index (χ1v) is 20.1. The van der Waals surface area contributed by atoms with E-state index >= 15 is 0 Å². The normalized spacial score (nSPS) is 30.0. The number of sulfonamides is 1. The van der Waals surface area contributed by atoms with Crippen molar-refractivity contribution in [2.45, 2.75) is 112 Å². The van der Waals surface area contributed by atoms with E-state index in [2.05, 4.69) is 15.4 Å². The van der Waals surface area contributed by atoms with E-state index in [0.29, 0.717) is 56.4 Å². The quantitative estimate of drug-likeness (QED) is 0.280. The molecule has 4 heterocycles. The summed E-state index contributed by atoms with van der Waals surface area (Å²) in [6.07, 6.45) is 8.66. The molecule has 15 heteroatoms. The highest BCUT2D eigenvalue weighted by Crippen LogP contribution is 2.49.